The zero-order chi connectivity index (χ0) is 14.8. The van der Waals surface area contributed by atoms with Gasteiger partial charge >= 0.3 is 0 Å². The lowest BCUT2D eigenvalue weighted by atomic mass is 9.95. The van der Waals surface area contributed by atoms with Gasteiger partial charge < -0.3 is 14.8 Å². The molecule has 0 saturated heterocycles. The molecular weight excluding hydrogens is 282 g/mol. The fourth-order valence-corrected chi connectivity index (χ4v) is 4.58. The molecule has 3 rings (SSSR count). The molecule has 0 amide bonds. The van der Waals surface area contributed by atoms with E-state index in [0.29, 0.717) is 6.04 Å². The Labute approximate surface area is 131 Å². The molecule has 2 aliphatic rings. The minimum Gasteiger partial charge on any atom is -0.493 e. The van der Waals surface area contributed by atoms with Crippen LogP contribution in [0.3, 0.4) is 0 Å². The van der Waals surface area contributed by atoms with Crippen molar-refractivity contribution in [1.29, 1.82) is 0 Å². The van der Waals surface area contributed by atoms with Gasteiger partial charge in [0.1, 0.15) is 0 Å². The lowest BCUT2D eigenvalue weighted by molar-refractivity contribution is 0.345. The predicted molar refractivity (Wildman–Crippen MR) is 87.4 cm³/mol. The summed E-state index contributed by atoms with van der Waals surface area (Å²) in [6.07, 6.45) is 7.80. The topological polar surface area (TPSA) is 30.5 Å². The molecule has 1 aromatic rings. The number of benzene rings is 1. The van der Waals surface area contributed by atoms with Crippen molar-refractivity contribution in [2.24, 2.45) is 11.8 Å². The van der Waals surface area contributed by atoms with Crippen molar-refractivity contribution >= 4 is 11.8 Å². The van der Waals surface area contributed by atoms with Crippen LogP contribution in [0.4, 0.5) is 0 Å². The zero-order valence-electron chi connectivity index (χ0n) is 13.1. The third-order valence-electron chi connectivity index (χ3n) is 5.08. The molecule has 0 radical (unpaired) electrons. The van der Waals surface area contributed by atoms with Crippen LogP contribution in [0.25, 0.3) is 0 Å². The van der Waals surface area contributed by atoms with E-state index in [1.54, 1.807) is 26.0 Å². The molecule has 3 unspecified atom stereocenters. The number of methoxy groups -OCH3 is 2. The van der Waals surface area contributed by atoms with Gasteiger partial charge in [0, 0.05) is 17.5 Å². The number of rotatable bonds is 6. The second kappa shape index (κ2) is 6.49. The molecule has 0 aliphatic heterocycles. The summed E-state index contributed by atoms with van der Waals surface area (Å²) in [7, 11) is 3.39. The van der Waals surface area contributed by atoms with Crippen molar-refractivity contribution in [2.45, 2.75) is 43.2 Å². The van der Waals surface area contributed by atoms with E-state index in [-0.39, 0.29) is 0 Å². The molecule has 1 N–H and O–H groups in total. The van der Waals surface area contributed by atoms with Crippen molar-refractivity contribution in [1.82, 2.24) is 5.32 Å². The van der Waals surface area contributed by atoms with Crippen molar-refractivity contribution in [3.63, 3.8) is 0 Å². The van der Waals surface area contributed by atoms with Crippen LogP contribution in [0.15, 0.2) is 17.0 Å². The van der Waals surface area contributed by atoms with Gasteiger partial charge in [-0.3, -0.25) is 0 Å². The maximum atomic E-state index is 5.44. The van der Waals surface area contributed by atoms with Gasteiger partial charge in [-0.25, -0.2) is 0 Å². The Kier molecular flexibility index (Phi) is 4.65. The summed E-state index contributed by atoms with van der Waals surface area (Å²) < 4.78 is 10.8. The van der Waals surface area contributed by atoms with Crippen molar-refractivity contribution < 1.29 is 9.47 Å². The number of nitrogens with one attached hydrogen (secondary N) is 1. The molecule has 21 heavy (non-hydrogen) atoms. The molecule has 116 valence electrons. The smallest absolute Gasteiger partial charge is 0.161 e. The zero-order valence-corrected chi connectivity index (χ0v) is 14.0. The Bertz CT molecular complexity index is 506. The van der Waals surface area contributed by atoms with E-state index in [2.05, 4.69) is 23.7 Å². The van der Waals surface area contributed by atoms with Gasteiger partial charge in [-0.2, -0.15) is 0 Å². The molecular formula is C17H25NO2S. The molecule has 1 aromatic carbocycles. The summed E-state index contributed by atoms with van der Waals surface area (Å²) in [5, 5.41) is 3.78. The van der Waals surface area contributed by atoms with Crippen LogP contribution in [-0.4, -0.2) is 26.5 Å². The lowest BCUT2D eigenvalue weighted by Crippen LogP contribution is -2.33. The second-order valence-corrected chi connectivity index (χ2v) is 7.03. The molecule has 2 fully saturated rings. The normalized spacial score (nSPS) is 27.1. The minimum absolute atomic E-state index is 0.714. The minimum atomic E-state index is 0.714. The molecule has 0 heterocycles. The maximum absolute atomic E-state index is 5.44. The van der Waals surface area contributed by atoms with E-state index < -0.39 is 0 Å². The molecule has 2 bridgehead atoms. The van der Waals surface area contributed by atoms with Gasteiger partial charge in [0.15, 0.2) is 11.5 Å². The SMILES string of the molecule is COc1cc(CNC2CC3CCC2C3)c(SC)cc1OC. The Morgan fingerprint density at radius 1 is 1.14 bits per heavy atom. The summed E-state index contributed by atoms with van der Waals surface area (Å²) in [6, 6.07) is 4.91. The summed E-state index contributed by atoms with van der Waals surface area (Å²) in [5.41, 5.74) is 1.31. The Balaban J connectivity index is 1.71. The van der Waals surface area contributed by atoms with Crippen LogP contribution in [0.2, 0.25) is 0 Å². The van der Waals surface area contributed by atoms with Crippen LogP contribution in [0, 0.1) is 11.8 Å². The number of ether oxygens (including phenoxy) is 2. The highest BCUT2D eigenvalue weighted by Gasteiger charge is 2.39. The molecule has 0 aromatic heterocycles. The van der Waals surface area contributed by atoms with Gasteiger partial charge in [-0.1, -0.05) is 6.42 Å². The quantitative estimate of drug-likeness (QED) is 0.812. The predicted octanol–water partition coefficient (Wildman–Crippen LogP) is 3.70. The van der Waals surface area contributed by atoms with Crippen molar-refractivity contribution in [2.75, 3.05) is 20.5 Å². The summed E-state index contributed by atoms with van der Waals surface area (Å²) in [6.45, 7) is 0.921. The summed E-state index contributed by atoms with van der Waals surface area (Å²) >= 11 is 1.77. The second-order valence-electron chi connectivity index (χ2n) is 6.18. The van der Waals surface area contributed by atoms with E-state index in [1.807, 2.05) is 0 Å². The van der Waals surface area contributed by atoms with Crippen molar-refractivity contribution in [3.05, 3.63) is 17.7 Å². The van der Waals surface area contributed by atoms with Gasteiger partial charge in [0.2, 0.25) is 0 Å². The summed E-state index contributed by atoms with van der Waals surface area (Å²) in [5.74, 6) is 3.52. The molecule has 4 heteroatoms. The molecule has 2 saturated carbocycles. The number of thioether (sulfide) groups is 1. The first kappa shape index (κ1) is 15.0. The van der Waals surface area contributed by atoms with Crippen LogP contribution in [0.5, 0.6) is 11.5 Å². The fraction of sp³-hybridized carbons (Fsp3) is 0.647. The standard InChI is InChI=1S/C17H25NO2S/c1-19-15-8-13(17(21-3)9-16(15)20-2)10-18-14-7-11-4-5-12(14)6-11/h8-9,11-12,14,18H,4-7,10H2,1-3H3. The number of fused-ring (bicyclic) bond motifs is 2. The van der Waals surface area contributed by atoms with Crippen LogP contribution in [0.1, 0.15) is 31.2 Å². The van der Waals surface area contributed by atoms with Crippen LogP contribution in [-0.2, 0) is 6.54 Å². The first-order valence-electron chi connectivity index (χ1n) is 7.77. The van der Waals surface area contributed by atoms with Crippen molar-refractivity contribution in [3.8, 4) is 11.5 Å². The third kappa shape index (κ3) is 3.02. The van der Waals surface area contributed by atoms with Gasteiger partial charge in [-0.05, 0) is 55.1 Å². The first-order valence-corrected chi connectivity index (χ1v) is 9.00. The largest absolute Gasteiger partial charge is 0.493 e. The average molecular weight is 307 g/mol. The maximum Gasteiger partial charge on any atom is 0.161 e. The van der Waals surface area contributed by atoms with E-state index in [4.69, 9.17) is 9.47 Å². The van der Waals surface area contributed by atoms with E-state index >= 15 is 0 Å². The molecule has 3 atom stereocenters. The fourth-order valence-electron chi connectivity index (χ4n) is 3.97. The van der Waals surface area contributed by atoms with Gasteiger partial charge in [0.25, 0.3) is 0 Å². The summed E-state index contributed by atoms with van der Waals surface area (Å²) in [4.78, 5) is 1.27. The number of hydrogen-bond acceptors (Lipinski definition) is 4. The monoisotopic (exact) mass is 307 g/mol. The van der Waals surface area contributed by atoms with E-state index in [9.17, 15) is 0 Å². The molecule has 3 nitrogen and oxygen atoms in total. The van der Waals surface area contributed by atoms with E-state index in [0.717, 1.165) is 29.9 Å². The highest BCUT2D eigenvalue weighted by molar-refractivity contribution is 7.98. The Morgan fingerprint density at radius 2 is 1.90 bits per heavy atom. The Hall–Kier alpha value is -0.870. The molecule has 2 aliphatic carbocycles. The van der Waals surface area contributed by atoms with Gasteiger partial charge in [-0.15, -0.1) is 11.8 Å². The lowest BCUT2D eigenvalue weighted by Gasteiger charge is -2.24. The first-order chi connectivity index (χ1) is 10.2. The van der Waals surface area contributed by atoms with Gasteiger partial charge in [0.05, 0.1) is 14.2 Å². The third-order valence-corrected chi connectivity index (χ3v) is 5.90. The van der Waals surface area contributed by atoms with E-state index in [1.165, 1.54) is 36.1 Å². The van der Waals surface area contributed by atoms with Crippen LogP contribution < -0.4 is 14.8 Å². The average Bonchev–Trinajstić information content (AvgIpc) is 3.14. The molecule has 0 spiro atoms. The highest BCUT2D eigenvalue weighted by Crippen LogP contribution is 2.44. The highest BCUT2D eigenvalue weighted by atomic mass is 32.2. The number of hydrogen-bond donors (Lipinski definition) is 1. The Morgan fingerprint density at radius 3 is 2.48 bits per heavy atom. The van der Waals surface area contributed by atoms with Crippen LogP contribution >= 0.6 is 11.8 Å².